The number of carboxylic acids is 1. The summed E-state index contributed by atoms with van der Waals surface area (Å²) in [5.41, 5.74) is 50.7. The normalized spacial score (nSPS) is 17.4. The van der Waals surface area contributed by atoms with Crippen molar-refractivity contribution in [1.82, 2.24) is 74.4 Å². The number of rotatable bonds is 39. The average molecular weight is 1590 g/mol. The number of phenols is 1. The topological polar surface area (TPSA) is 749 Å². The maximum absolute atomic E-state index is 14.6. The van der Waals surface area contributed by atoms with Crippen LogP contribution < -0.4 is 126 Å². The Bertz CT molecular complexity index is 3410. The zero-order valence-electron chi connectivity index (χ0n) is 62.1. The van der Waals surface area contributed by atoms with Gasteiger partial charge in [0.15, 0.2) is 23.8 Å². The SMILES string of the molecule is CC(C)C[C@@H]1NC(=O)CNC(=O)CNC(=O)CNC(=O)CNC(=O)[C@@H](NC(=O)[C@H](CCCN=C(N)N)NC(=O)CNC(=O)[C@H](CCCN=C(N)N)NC(=O)[C@H](CCCN=C(N)N)NC(=O)[C@@H](N)Cc2ccc(O)cc2)CSSC[C@@H](C(=O)N[C@@H](CC(C)C)C(=O)N[C@@H](C)C(=O)N[C@@H](CCCN=C(N)N)C(=O)O)NC1=O. The lowest BCUT2D eigenvalue weighted by Crippen LogP contribution is -2.59. The van der Waals surface area contributed by atoms with E-state index in [-0.39, 0.29) is 138 Å². The molecule has 0 bridgehead atoms. The number of nitrogens with zero attached hydrogens (tertiary/aromatic N) is 4. The third-order valence-electron chi connectivity index (χ3n) is 15.5. The van der Waals surface area contributed by atoms with Crippen molar-refractivity contribution in [2.75, 3.05) is 70.4 Å². The third kappa shape index (κ3) is 41.2. The van der Waals surface area contributed by atoms with Crippen LogP contribution >= 0.6 is 21.6 Å². The van der Waals surface area contributed by atoms with Crippen molar-refractivity contribution in [1.29, 1.82) is 0 Å². The summed E-state index contributed by atoms with van der Waals surface area (Å²) in [6, 6.07) is -8.44. The predicted molar refractivity (Wildman–Crippen MR) is 409 cm³/mol. The van der Waals surface area contributed by atoms with Gasteiger partial charge in [0.2, 0.25) is 82.7 Å². The van der Waals surface area contributed by atoms with Gasteiger partial charge in [0.05, 0.1) is 38.8 Å². The second-order valence-electron chi connectivity index (χ2n) is 26.0. The molecule has 0 saturated carbocycles. The quantitative estimate of drug-likeness (QED) is 0.0126. The minimum atomic E-state index is -1.65. The second kappa shape index (κ2) is 51.2. The van der Waals surface area contributed by atoms with Gasteiger partial charge in [-0.2, -0.15) is 0 Å². The molecule has 1 aromatic carbocycles. The summed E-state index contributed by atoms with van der Waals surface area (Å²) in [6.07, 6.45) is -0.251. The summed E-state index contributed by atoms with van der Waals surface area (Å²) in [7, 11) is 1.68. The highest BCUT2D eigenvalue weighted by Gasteiger charge is 2.35. The first-order valence-corrected chi connectivity index (χ1v) is 37.6. The van der Waals surface area contributed by atoms with E-state index in [4.69, 9.17) is 51.6 Å². The van der Waals surface area contributed by atoms with Crippen LogP contribution in [0.2, 0.25) is 0 Å². The first-order chi connectivity index (χ1) is 51.8. The van der Waals surface area contributed by atoms with E-state index < -0.39 is 193 Å². The first-order valence-electron chi connectivity index (χ1n) is 35.1. The van der Waals surface area contributed by atoms with Crippen molar-refractivity contribution < 1.29 is 82.1 Å². The summed E-state index contributed by atoms with van der Waals surface area (Å²) in [6.45, 7) is 4.41. The molecule has 14 amide bonds. The number of benzene rings is 1. The Hall–Kier alpha value is -11.2. The summed E-state index contributed by atoms with van der Waals surface area (Å²) < 4.78 is 0. The third-order valence-corrected chi connectivity index (χ3v) is 17.9. The van der Waals surface area contributed by atoms with Crippen LogP contribution in [-0.4, -0.2) is 254 Å². The highest BCUT2D eigenvalue weighted by atomic mass is 33.1. The van der Waals surface area contributed by atoms with Gasteiger partial charge in [0, 0.05) is 37.7 Å². The van der Waals surface area contributed by atoms with Crippen LogP contribution in [0.4, 0.5) is 0 Å². The number of aliphatic carboxylic acids is 1. The minimum Gasteiger partial charge on any atom is -0.508 e. The molecule has 46 heteroatoms. The van der Waals surface area contributed by atoms with E-state index >= 15 is 0 Å². The number of carbonyl (C=O) groups is 15. The molecule has 0 unspecified atom stereocenters. The Balaban J connectivity index is 2.63. The van der Waals surface area contributed by atoms with Crippen molar-refractivity contribution in [3.8, 4) is 5.75 Å². The molecule has 1 aliphatic rings. The standard InChI is InChI=1S/C64H109N27O17S2/c1-32(2)22-42-58(105)91-45(59(106)89-43(23-33(3)4)57(104)83-34(5)51(98)88-41(60(107)108)13-9-21-77-64(72)73)31-110-109-30-44(54(101)81-27-48(95)79-25-46(93)78-26-47(94)80-28-49(96)85-42)90-55(102)39(11-7-19-75-62(68)69)84-50(97)29-82-53(100)38(10-6-18-74-61(66)67)87-56(103)40(12-8-20-76-63(70)71)86-52(99)37(65)24-35-14-16-36(92)17-15-35/h14-17,32-34,37-45,92H,6-13,18-31,65H2,1-5H3,(H,78,93)(H,79,95)(H,80,94)(H,81,101)(H,82,100)(H,83,104)(H,84,97)(H,85,96)(H,86,99)(H,87,103)(H,88,98)(H,89,106)(H,90,102)(H,91,105)(H,107,108)(H4,66,67,74)(H4,68,69,75)(H4,70,71,76)(H4,72,73,77)/t34-,37-,38-,39-,40-,41-,42-,43-,44-,45-/m0/s1. The van der Waals surface area contributed by atoms with Crippen LogP contribution in [0.3, 0.4) is 0 Å². The maximum Gasteiger partial charge on any atom is 0.326 e. The fourth-order valence-electron chi connectivity index (χ4n) is 9.90. The average Bonchev–Trinajstić information content (AvgIpc) is 0.910. The van der Waals surface area contributed by atoms with Gasteiger partial charge in [-0.3, -0.25) is 87.1 Å². The van der Waals surface area contributed by atoms with Crippen molar-refractivity contribution >= 4 is 134 Å². The molecule has 0 radical (unpaired) electrons. The fourth-order valence-corrected chi connectivity index (χ4v) is 12.2. The molecule has 44 nitrogen and oxygen atoms in total. The lowest BCUT2D eigenvalue weighted by atomic mass is 10.0. The van der Waals surface area contributed by atoms with E-state index in [2.05, 4.69) is 94.4 Å². The molecule has 1 saturated heterocycles. The van der Waals surface area contributed by atoms with Gasteiger partial charge in [-0.1, -0.05) is 61.4 Å². The Labute approximate surface area is 643 Å². The van der Waals surface area contributed by atoms with Gasteiger partial charge in [0.25, 0.3) is 0 Å². The first kappa shape index (κ1) is 94.9. The monoisotopic (exact) mass is 1590 g/mol. The minimum absolute atomic E-state index is 0.000183. The molecule has 0 aliphatic carbocycles. The Morgan fingerprint density at radius 1 is 0.500 bits per heavy atom. The Kier molecular flexibility index (Phi) is 44.2. The lowest BCUT2D eigenvalue weighted by molar-refractivity contribution is -0.142. The van der Waals surface area contributed by atoms with Crippen LogP contribution in [0, 0.1) is 11.8 Å². The van der Waals surface area contributed by atoms with Gasteiger partial charge < -0.3 is 136 Å². The number of carbonyl (C=O) groups excluding carboxylic acids is 14. The number of hydrogen-bond acceptors (Lipinski definition) is 23. The van der Waals surface area contributed by atoms with E-state index in [1.807, 2.05) is 0 Å². The number of amides is 14. The molecule has 34 N–H and O–H groups in total. The summed E-state index contributed by atoms with van der Waals surface area (Å²) >= 11 is 0. The van der Waals surface area contributed by atoms with E-state index in [1.54, 1.807) is 39.8 Å². The number of nitrogens with two attached hydrogens (primary N) is 9. The zero-order chi connectivity index (χ0) is 82.6. The number of aliphatic imine (C=N–C) groups is 4. The van der Waals surface area contributed by atoms with Crippen molar-refractivity contribution in [2.45, 2.75) is 166 Å². The molecular formula is C64H109N27O17S2. The number of carboxylic acid groups (broad SMARTS) is 1. The number of nitrogens with one attached hydrogen (secondary N) is 14. The van der Waals surface area contributed by atoms with Crippen LogP contribution in [0.1, 0.15) is 104 Å². The lowest BCUT2D eigenvalue weighted by Gasteiger charge is -2.27. The molecule has 0 spiro atoms. The zero-order valence-corrected chi connectivity index (χ0v) is 63.7. The van der Waals surface area contributed by atoms with Crippen molar-refractivity contribution in [2.24, 2.45) is 83.4 Å². The molecule has 2 rings (SSSR count). The van der Waals surface area contributed by atoms with Gasteiger partial charge in [-0.05, 0) is 107 Å². The molecule has 110 heavy (non-hydrogen) atoms. The van der Waals surface area contributed by atoms with E-state index in [9.17, 15) is 82.1 Å². The smallest absolute Gasteiger partial charge is 0.326 e. The summed E-state index contributed by atoms with van der Waals surface area (Å²) in [5.74, 6) is -16.7. The number of hydrogen-bond donors (Lipinski definition) is 25. The van der Waals surface area contributed by atoms with Gasteiger partial charge in [0.1, 0.15) is 60.1 Å². The molecular weight excluding hydrogens is 1480 g/mol. The molecule has 1 heterocycles. The van der Waals surface area contributed by atoms with Gasteiger partial charge in [-0.15, -0.1) is 0 Å². The largest absolute Gasteiger partial charge is 0.508 e. The molecule has 1 fully saturated rings. The fraction of sp³-hybridized carbons (Fsp3) is 0.609. The maximum atomic E-state index is 14.6. The van der Waals surface area contributed by atoms with Crippen molar-refractivity contribution in [3.63, 3.8) is 0 Å². The van der Waals surface area contributed by atoms with E-state index in [0.29, 0.717) is 5.56 Å². The number of guanidine groups is 4. The van der Waals surface area contributed by atoms with Gasteiger partial charge in [-0.25, -0.2) is 4.79 Å². The van der Waals surface area contributed by atoms with Crippen LogP contribution in [0.5, 0.6) is 5.75 Å². The molecule has 1 aliphatic heterocycles. The molecule has 0 aromatic heterocycles. The van der Waals surface area contributed by atoms with Crippen molar-refractivity contribution in [3.05, 3.63) is 29.8 Å². The van der Waals surface area contributed by atoms with E-state index in [1.165, 1.54) is 19.1 Å². The molecule has 10 atom stereocenters. The highest BCUT2D eigenvalue weighted by molar-refractivity contribution is 8.76. The van der Waals surface area contributed by atoms with E-state index in [0.717, 1.165) is 21.6 Å². The molecule has 1 aromatic rings. The summed E-state index contributed by atoms with van der Waals surface area (Å²) in [5, 5.41) is 54.0. The van der Waals surface area contributed by atoms with Gasteiger partial charge >= 0.3 is 5.97 Å². The predicted octanol–water partition coefficient (Wildman–Crippen LogP) is -9.99. The number of aromatic hydroxyl groups is 1. The van der Waals surface area contributed by atoms with Crippen LogP contribution in [0.25, 0.3) is 0 Å². The van der Waals surface area contributed by atoms with Crippen LogP contribution in [-0.2, 0) is 78.3 Å². The Morgan fingerprint density at radius 2 is 0.945 bits per heavy atom. The Morgan fingerprint density at radius 3 is 1.44 bits per heavy atom. The second-order valence-corrected chi connectivity index (χ2v) is 28.6. The molecule has 614 valence electrons. The highest BCUT2D eigenvalue weighted by Crippen LogP contribution is 2.24. The van der Waals surface area contributed by atoms with Crippen LogP contribution in [0.15, 0.2) is 44.2 Å². The summed E-state index contributed by atoms with van der Waals surface area (Å²) in [4.78, 5) is 220. The number of phenolic OH excluding ortho intramolecular Hbond substituents is 1.